The molecular formula is C67H43NS2. The summed E-state index contributed by atoms with van der Waals surface area (Å²) in [5, 5.41) is 5.28. The van der Waals surface area contributed by atoms with E-state index in [4.69, 9.17) is 0 Å². The number of hydrogen-bond acceptors (Lipinski definition) is 3. The molecule has 0 spiro atoms. The molecular weight excluding hydrogens is 883 g/mol. The van der Waals surface area contributed by atoms with Crippen molar-refractivity contribution in [3.05, 3.63) is 283 Å². The van der Waals surface area contributed by atoms with Crippen LogP contribution in [0.4, 0.5) is 17.1 Å². The fourth-order valence-electron chi connectivity index (χ4n) is 11.4. The Morgan fingerprint density at radius 2 is 0.757 bits per heavy atom. The molecule has 0 radical (unpaired) electrons. The molecule has 0 atom stereocenters. The van der Waals surface area contributed by atoms with E-state index in [-0.39, 0.29) is 0 Å². The molecule has 0 unspecified atom stereocenters. The highest BCUT2D eigenvalue weighted by atomic mass is 32.1. The zero-order chi connectivity index (χ0) is 46.2. The van der Waals surface area contributed by atoms with Gasteiger partial charge in [0.25, 0.3) is 0 Å². The SMILES string of the molecule is c1ccc(C2(c3ccccc3)c3ccccc3-c3c(N(c4ccc(-c5cccc(-c6ccc7sc8ccccc8c7c6)c5)cc4)c4ccc(-c5ccc6c(c5)sc5ccccc56)cc4)cccc32)cc1. The van der Waals surface area contributed by atoms with E-state index in [9.17, 15) is 0 Å². The van der Waals surface area contributed by atoms with Gasteiger partial charge in [-0.2, -0.15) is 0 Å². The molecule has 328 valence electrons. The first-order valence-corrected chi connectivity index (χ1v) is 25.6. The van der Waals surface area contributed by atoms with Gasteiger partial charge in [-0.3, -0.25) is 0 Å². The largest absolute Gasteiger partial charge is 0.310 e. The molecule has 0 aliphatic heterocycles. The van der Waals surface area contributed by atoms with Crippen LogP contribution in [0.1, 0.15) is 22.3 Å². The normalized spacial score (nSPS) is 12.7. The monoisotopic (exact) mass is 925 g/mol. The second-order valence-corrected chi connectivity index (χ2v) is 20.5. The van der Waals surface area contributed by atoms with Gasteiger partial charge in [-0.05, 0) is 128 Å². The van der Waals surface area contributed by atoms with Crippen LogP contribution in [0.15, 0.2) is 261 Å². The summed E-state index contributed by atoms with van der Waals surface area (Å²) in [6, 6.07) is 96.8. The maximum atomic E-state index is 2.47. The number of anilines is 3. The molecule has 13 aromatic rings. The van der Waals surface area contributed by atoms with Crippen LogP contribution in [0.2, 0.25) is 0 Å². The molecule has 2 aromatic heterocycles. The summed E-state index contributed by atoms with van der Waals surface area (Å²) in [6.45, 7) is 0. The highest BCUT2D eigenvalue weighted by molar-refractivity contribution is 7.26. The average molecular weight is 926 g/mol. The average Bonchev–Trinajstić information content (AvgIpc) is 4.10. The molecule has 0 fully saturated rings. The molecule has 3 heteroatoms. The third-order valence-corrected chi connectivity index (χ3v) is 16.9. The Morgan fingerprint density at radius 1 is 0.286 bits per heavy atom. The number of rotatable bonds is 8. The molecule has 14 rings (SSSR count). The minimum absolute atomic E-state index is 0.513. The van der Waals surface area contributed by atoms with Crippen LogP contribution in [0.5, 0.6) is 0 Å². The molecule has 0 saturated heterocycles. The summed E-state index contributed by atoms with van der Waals surface area (Å²) in [5.41, 5.74) is 17.6. The van der Waals surface area contributed by atoms with Gasteiger partial charge < -0.3 is 4.90 Å². The highest BCUT2D eigenvalue weighted by Gasteiger charge is 2.47. The quantitative estimate of drug-likeness (QED) is 0.147. The Morgan fingerprint density at radius 3 is 1.44 bits per heavy atom. The third-order valence-electron chi connectivity index (χ3n) is 14.6. The summed E-state index contributed by atoms with van der Waals surface area (Å²) >= 11 is 3.73. The van der Waals surface area contributed by atoms with Crippen molar-refractivity contribution in [2.24, 2.45) is 0 Å². The minimum atomic E-state index is -0.513. The first-order valence-electron chi connectivity index (χ1n) is 24.0. The summed E-state index contributed by atoms with van der Waals surface area (Å²) in [4.78, 5) is 2.47. The van der Waals surface area contributed by atoms with E-state index < -0.39 is 5.41 Å². The lowest BCUT2D eigenvalue weighted by atomic mass is 9.68. The molecule has 0 saturated carbocycles. The fourth-order valence-corrected chi connectivity index (χ4v) is 13.6. The molecule has 11 aromatic carbocycles. The van der Waals surface area contributed by atoms with Crippen molar-refractivity contribution in [3.8, 4) is 44.5 Å². The van der Waals surface area contributed by atoms with Crippen LogP contribution >= 0.6 is 22.7 Å². The Kier molecular flexibility index (Phi) is 9.55. The van der Waals surface area contributed by atoms with E-state index in [0.717, 1.165) is 17.1 Å². The van der Waals surface area contributed by atoms with Crippen molar-refractivity contribution in [2.75, 3.05) is 4.90 Å². The topological polar surface area (TPSA) is 3.24 Å². The summed E-state index contributed by atoms with van der Waals surface area (Å²) in [6.07, 6.45) is 0. The minimum Gasteiger partial charge on any atom is -0.310 e. The van der Waals surface area contributed by atoms with Crippen molar-refractivity contribution in [1.29, 1.82) is 0 Å². The van der Waals surface area contributed by atoms with Gasteiger partial charge in [-0.1, -0.05) is 194 Å². The molecule has 0 bridgehead atoms. The number of benzene rings is 11. The molecule has 70 heavy (non-hydrogen) atoms. The lowest BCUT2D eigenvalue weighted by Crippen LogP contribution is -2.28. The summed E-state index contributed by atoms with van der Waals surface area (Å²) in [7, 11) is 0. The van der Waals surface area contributed by atoms with Crippen molar-refractivity contribution in [2.45, 2.75) is 5.41 Å². The fraction of sp³-hybridized carbons (Fsp3) is 0.0149. The van der Waals surface area contributed by atoms with Gasteiger partial charge in [0.05, 0.1) is 11.1 Å². The van der Waals surface area contributed by atoms with Crippen LogP contribution in [0.3, 0.4) is 0 Å². The van der Waals surface area contributed by atoms with E-state index in [2.05, 4.69) is 266 Å². The van der Waals surface area contributed by atoms with Crippen molar-refractivity contribution in [3.63, 3.8) is 0 Å². The van der Waals surface area contributed by atoms with Gasteiger partial charge >= 0.3 is 0 Å². The Balaban J connectivity index is 0.912. The number of hydrogen-bond donors (Lipinski definition) is 0. The van der Waals surface area contributed by atoms with Gasteiger partial charge in [-0.25, -0.2) is 0 Å². The Labute approximate surface area is 415 Å². The van der Waals surface area contributed by atoms with Crippen LogP contribution in [-0.4, -0.2) is 0 Å². The maximum absolute atomic E-state index is 2.47. The standard InChI is InChI=1S/C67H43NS2/c1-3-17-50(18-4-1)67(51-19-5-2-6-20-51)59-24-10-7-23-57(59)66-60(67)25-14-26-61(66)68(53-37-31-45(32-38-53)49-33-39-56-54-21-8-11-27-62(54)70-65(56)43-49)52-35-29-44(30-36-52)46-15-13-16-47(41-46)48-34-40-64-58(42-48)55-22-9-12-28-63(55)69-64/h1-43H. The van der Waals surface area contributed by atoms with Crippen LogP contribution in [-0.2, 0) is 5.41 Å². The van der Waals surface area contributed by atoms with Gasteiger partial charge in [0, 0.05) is 57.3 Å². The summed E-state index contributed by atoms with van der Waals surface area (Å²) < 4.78 is 5.29. The molecule has 1 nitrogen and oxygen atoms in total. The van der Waals surface area contributed by atoms with E-state index in [0.29, 0.717) is 0 Å². The van der Waals surface area contributed by atoms with Crippen molar-refractivity contribution in [1.82, 2.24) is 0 Å². The summed E-state index contributed by atoms with van der Waals surface area (Å²) in [5.74, 6) is 0. The molecule has 1 aliphatic carbocycles. The van der Waals surface area contributed by atoms with Crippen molar-refractivity contribution >= 4 is 80.1 Å². The molecule has 2 heterocycles. The van der Waals surface area contributed by atoms with Crippen LogP contribution in [0.25, 0.3) is 84.9 Å². The zero-order valence-corrected chi connectivity index (χ0v) is 39.7. The number of nitrogens with zero attached hydrogens (tertiary/aromatic N) is 1. The predicted octanol–water partition coefficient (Wildman–Crippen LogP) is 19.3. The second kappa shape index (κ2) is 16.4. The van der Waals surface area contributed by atoms with E-state index in [1.54, 1.807) is 0 Å². The van der Waals surface area contributed by atoms with Crippen LogP contribution in [0, 0.1) is 0 Å². The van der Waals surface area contributed by atoms with Crippen LogP contribution < -0.4 is 4.90 Å². The Hall–Kier alpha value is -8.34. The number of fused-ring (bicyclic) bond motifs is 9. The third kappa shape index (κ3) is 6.43. The smallest absolute Gasteiger partial charge is 0.0714 e. The van der Waals surface area contributed by atoms with Crippen molar-refractivity contribution < 1.29 is 0 Å². The maximum Gasteiger partial charge on any atom is 0.0714 e. The van der Waals surface area contributed by atoms with E-state index in [1.807, 2.05) is 22.7 Å². The lowest BCUT2D eigenvalue weighted by molar-refractivity contribution is 0.768. The highest BCUT2D eigenvalue weighted by Crippen LogP contribution is 2.59. The van der Waals surface area contributed by atoms with Gasteiger partial charge in [0.2, 0.25) is 0 Å². The Bertz CT molecular complexity index is 4070. The predicted molar refractivity (Wildman–Crippen MR) is 301 cm³/mol. The first-order chi connectivity index (χ1) is 34.7. The molecule has 1 aliphatic rings. The van der Waals surface area contributed by atoms with E-state index in [1.165, 1.54) is 107 Å². The van der Waals surface area contributed by atoms with Gasteiger partial charge in [0.1, 0.15) is 0 Å². The molecule has 0 N–H and O–H groups in total. The number of thiophene rings is 2. The van der Waals surface area contributed by atoms with Gasteiger partial charge in [0.15, 0.2) is 0 Å². The molecule has 0 amide bonds. The zero-order valence-electron chi connectivity index (χ0n) is 38.1. The first kappa shape index (κ1) is 40.7. The lowest BCUT2D eigenvalue weighted by Gasteiger charge is -2.34. The van der Waals surface area contributed by atoms with E-state index >= 15 is 0 Å². The van der Waals surface area contributed by atoms with Gasteiger partial charge in [-0.15, -0.1) is 22.7 Å². The second-order valence-electron chi connectivity index (χ2n) is 18.4.